The molecule has 0 bridgehead atoms. The topological polar surface area (TPSA) is 60.8 Å². The van der Waals surface area contributed by atoms with Gasteiger partial charge in [0, 0.05) is 16.5 Å². The fourth-order valence-corrected chi connectivity index (χ4v) is 5.31. The Morgan fingerprint density at radius 1 is 0.968 bits per heavy atom. The lowest BCUT2D eigenvalue weighted by Crippen LogP contribution is -2.29. The van der Waals surface area contributed by atoms with Crippen LogP contribution in [0.4, 0.5) is 14.9 Å². The maximum atomic E-state index is 13.1. The summed E-state index contributed by atoms with van der Waals surface area (Å²) in [5.41, 5.74) is 3.14. The number of aromatic hydroxyl groups is 1. The van der Waals surface area contributed by atoms with Crippen molar-refractivity contribution in [3.63, 3.8) is 0 Å². The van der Waals surface area contributed by atoms with Crippen LogP contribution in [0.5, 0.6) is 5.75 Å². The number of halogens is 1. The molecule has 1 aliphatic heterocycles. The zero-order chi connectivity index (χ0) is 21.8. The Hall–Kier alpha value is -2.83. The fourth-order valence-electron chi connectivity index (χ4n) is 4.04. The molecule has 6 heteroatoms. The average Bonchev–Trinajstić information content (AvgIpc) is 3.11. The molecule has 31 heavy (non-hydrogen) atoms. The lowest BCUT2D eigenvalue weighted by atomic mass is 9.95. The summed E-state index contributed by atoms with van der Waals surface area (Å²) in [6.07, 6.45) is 2.40. The van der Waals surface area contributed by atoms with Gasteiger partial charge in [-0.05, 0) is 60.7 Å². The summed E-state index contributed by atoms with van der Waals surface area (Å²) in [7, 11) is 0. The Bertz CT molecular complexity index is 1040. The summed E-state index contributed by atoms with van der Waals surface area (Å²) in [6.45, 7) is -0.157. The highest BCUT2D eigenvalue weighted by atomic mass is 32.2. The molecular formula is C25H24FNO3S. The molecule has 0 aliphatic carbocycles. The lowest BCUT2D eigenvalue weighted by Gasteiger charge is -2.28. The van der Waals surface area contributed by atoms with E-state index in [4.69, 9.17) is 0 Å². The van der Waals surface area contributed by atoms with E-state index in [0.717, 1.165) is 30.5 Å². The molecule has 1 heterocycles. The molecular weight excluding hydrogens is 413 g/mol. The highest BCUT2D eigenvalue weighted by molar-refractivity contribution is 8.14. The minimum atomic E-state index is -0.319. The normalized spacial score (nSPS) is 18.5. The van der Waals surface area contributed by atoms with Gasteiger partial charge in [0.1, 0.15) is 11.6 Å². The molecule has 0 radical (unpaired) electrons. The van der Waals surface area contributed by atoms with Crippen LogP contribution in [0.2, 0.25) is 0 Å². The molecule has 1 aliphatic rings. The Labute approximate surface area is 185 Å². The Morgan fingerprint density at radius 3 is 2.35 bits per heavy atom. The van der Waals surface area contributed by atoms with Crippen LogP contribution < -0.4 is 4.90 Å². The minimum Gasteiger partial charge on any atom is -0.508 e. The van der Waals surface area contributed by atoms with Crippen LogP contribution in [0.1, 0.15) is 35.6 Å². The molecule has 1 fully saturated rings. The van der Waals surface area contributed by atoms with E-state index in [1.165, 1.54) is 23.9 Å². The molecule has 0 saturated carbocycles. The van der Waals surface area contributed by atoms with Crippen molar-refractivity contribution >= 4 is 22.7 Å². The first-order chi connectivity index (χ1) is 15.1. The van der Waals surface area contributed by atoms with Gasteiger partial charge >= 0.3 is 0 Å². The summed E-state index contributed by atoms with van der Waals surface area (Å²) in [5, 5.41) is 20.0. The quantitative estimate of drug-likeness (QED) is 0.488. The van der Waals surface area contributed by atoms with Gasteiger partial charge in [-0.15, -0.1) is 0 Å². The maximum Gasteiger partial charge on any atom is 0.287 e. The molecule has 160 valence electrons. The van der Waals surface area contributed by atoms with Gasteiger partial charge < -0.3 is 10.2 Å². The predicted molar refractivity (Wildman–Crippen MR) is 122 cm³/mol. The van der Waals surface area contributed by atoms with Gasteiger partial charge in [0.25, 0.3) is 5.24 Å². The van der Waals surface area contributed by atoms with Crippen molar-refractivity contribution in [1.82, 2.24) is 0 Å². The van der Waals surface area contributed by atoms with Crippen LogP contribution in [0.25, 0.3) is 0 Å². The number of aryl methyl sites for hydroxylation is 1. The second-order valence-electron chi connectivity index (χ2n) is 7.64. The van der Waals surface area contributed by atoms with Crippen molar-refractivity contribution in [2.75, 3.05) is 4.90 Å². The van der Waals surface area contributed by atoms with Crippen LogP contribution in [0.3, 0.4) is 0 Å². The van der Waals surface area contributed by atoms with Crippen molar-refractivity contribution in [3.8, 4) is 5.75 Å². The van der Waals surface area contributed by atoms with E-state index in [1.54, 1.807) is 35.2 Å². The lowest BCUT2D eigenvalue weighted by molar-refractivity contribution is 0.264. The molecule has 1 saturated heterocycles. The highest BCUT2D eigenvalue weighted by Crippen LogP contribution is 2.48. The van der Waals surface area contributed by atoms with Crippen LogP contribution in [0.15, 0.2) is 72.8 Å². The van der Waals surface area contributed by atoms with Crippen LogP contribution in [0, 0.1) is 5.82 Å². The number of aliphatic hydroxyl groups excluding tert-OH is 1. The van der Waals surface area contributed by atoms with Gasteiger partial charge in [-0.1, -0.05) is 54.2 Å². The second kappa shape index (κ2) is 9.54. The molecule has 3 aromatic carbocycles. The smallest absolute Gasteiger partial charge is 0.287 e. The number of thioether (sulfide) groups is 1. The van der Waals surface area contributed by atoms with Crippen molar-refractivity contribution in [1.29, 1.82) is 0 Å². The van der Waals surface area contributed by atoms with E-state index in [-0.39, 0.29) is 34.7 Å². The SMILES string of the molecule is O=C1S[C@@H](CCCc2ccc(F)cc2)[C@@H](c2ccc(CO)cc2O)N1c1ccccc1. The number of nitrogens with zero attached hydrogens (tertiary/aromatic N) is 1. The zero-order valence-electron chi connectivity index (χ0n) is 16.9. The van der Waals surface area contributed by atoms with E-state index in [0.29, 0.717) is 11.1 Å². The van der Waals surface area contributed by atoms with Crippen LogP contribution >= 0.6 is 11.8 Å². The third-order valence-corrected chi connectivity index (χ3v) is 6.77. The summed E-state index contributed by atoms with van der Waals surface area (Å²) < 4.78 is 13.1. The first kappa shape index (κ1) is 21.4. The molecule has 0 aromatic heterocycles. The van der Waals surface area contributed by atoms with Crippen molar-refractivity contribution < 1.29 is 19.4 Å². The molecule has 2 atom stereocenters. The number of rotatable bonds is 7. The summed E-state index contributed by atoms with van der Waals surface area (Å²) in [4.78, 5) is 14.8. The first-order valence-corrected chi connectivity index (χ1v) is 11.2. The largest absolute Gasteiger partial charge is 0.508 e. The molecule has 3 aromatic rings. The Morgan fingerprint density at radius 2 is 1.68 bits per heavy atom. The highest BCUT2D eigenvalue weighted by Gasteiger charge is 2.43. The third kappa shape index (κ3) is 4.75. The van der Waals surface area contributed by atoms with E-state index >= 15 is 0 Å². The molecule has 4 rings (SSSR count). The standard InChI is InChI=1S/C25H24FNO3S/c26-19-12-9-17(10-13-19)5-4-8-23-24(21-14-11-18(16-28)15-22(21)29)27(25(30)31-23)20-6-2-1-3-7-20/h1-3,6-7,9-15,23-24,28-29H,4-5,8,16H2/t23-,24+/m0/s1. The number of hydrogen-bond acceptors (Lipinski definition) is 4. The summed E-state index contributed by atoms with van der Waals surface area (Å²) in [6, 6.07) is 20.8. The first-order valence-electron chi connectivity index (χ1n) is 10.3. The number of anilines is 1. The van der Waals surface area contributed by atoms with E-state index < -0.39 is 0 Å². The fraction of sp³-hybridized carbons (Fsp3) is 0.240. The van der Waals surface area contributed by atoms with Crippen LogP contribution in [-0.4, -0.2) is 20.7 Å². The molecule has 1 amide bonds. The van der Waals surface area contributed by atoms with Gasteiger partial charge in [-0.2, -0.15) is 0 Å². The van der Waals surface area contributed by atoms with Gasteiger partial charge in [0.05, 0.1) is 12.6 Å². The number of amides is 1. The monoisotopic (exact) mass is 437 g/mol. The van der Waals surface area contributed by atoms with Crippen molar-refractivity contribution in [2.45, 2.75) is 37.2 Å². The minimum absolute atomic E-state index is 0.0426. The molecule has 0 unspecified atom stereocenters. The average molecular weight is 438 g/mol. The van der Waals surface area contributed by atoms with Gasteiger partial charge in [-0.25, -0.2) is 4.39 Å². The van der Waals surface area contributed by atoms with Gasteiger partial charge in [0.2, 0.25) is 0 Å². The molecule has 2 N–H and O–H groups in total. The number of carbonyl (C=O) groups excluding carboxylic acids is 1. The molecule has 4 nitrogen and oxygen atoms in total. The third-order valence-electron chi connectivity index (χ3n) is 5.58. The predicted octanol–water partition coefficient (Wildman–Crippen LogP) is 5.83. The number of para-hydroxylation sites is 1. The number of phenols is 1. The summed E-state index contributed by atoms with van der Waals surface area (Å²) >= 11 is 1.29. The van der Waals surface area contributed by atoms with E-state index in [2.05, 4.69) is 0 Å². The Kier molecular flexibility index (Phi) is 6.59. The van der Waals surface area contributed by atoms with Gasteiger partial charge in [-0.3, -0.25) is 9.69 Å². The van der Waals surface area contributed by atoms with Crippen LogP contribution in [-0.2, 0) is 13.0 Å². The van der Waals surface area contributed by atoms with E-state index in [9.17, 15) is 19.4 Å². The summed E-state index contributed by atoms with van der Waals surface area (Å²) in [5.74, 6) is -0.169. The number of carbonyl (C=O) groups is 1. The van der Waals surface area contributed by atoms with Crippen molar-refractivity contribution in [3.05, 3.63) is 95.3 Å². The van der Waals surface area contributed by atoms with Gasteiger partial charge in [0.15, 0.2) is 0 Å². The number of aliphatic hydroxyl groups is 1. The number of hydrogen-bond donors (Lipinski definition) is 2. The second-order valence-corrected chi connectivity index (χ2v) is 8.83. The molecule has 0 spiro atoms. The maximum absolute atomic E-state index is 13.1. The zero-order valence-corrected chi connectivity index (χ0v) is 17.8. The van der Waals surface area contributed by atoms with Crippen molar-refractivity contribution in [2.24, 2.45) is 0 Å². The number of benzene rings is 3. The number of phenolic OH excluding ortho intramolecular Hbond substituents is 1. The van der Waals surface area contributed by atoms with E-state index in [1.807, 2.05) is 30.3 Å². The Balaban J connectivity index is 1.60.